The summed E-state index contributed by atoms with van der Waals surface area (Å²) in [6, 6.07) is 3.90. The number of pyridine rings is 1. The second-order valence-corrected chi connectivity index (χ2v) is 7.23. The molecule has 1 aliphatic rings. The Morgan fingerprint density at radius 1 is 1.19 bits per heavy atom. The molecule has 0 aliphatic carbocycles. The van der Waals surface area contributed by atoms with Crippen molar-refractivity contribution in [3.05, 3.63) is 47.9 Å². The van der Waals surface area contributed by atoms with Gasteiger partial charge in [-0.1, -0.05) is 13.8 Å². The summed E-state index contributed by atoms with van der Waals surface area (Å²) in [6.45, 7) is 5.93. The topological polar surface area (TPSA) is 93.4 Å². The molecule has 3 aromatic rings. The fourth-order valence-corrected chi connectivity index (χ4v) is 3.40. The Morgan fingerprint density at radius 2 is 2.00 bits per heavy atom. The normalized spacial score (nSPS) is 14.4. The molecule has 2 N–H and O–H groups in total. The SMILES string of the molecule is CC(C)CC(Nc1nc(-c2ccncc2)nc2c1CNC2)c1ncnn1C. The van der Waals surface area contributed by atoms with E-state index >= 15 is 0 Å². The molecule has 0 radical (unpaired) electrons. The van der Waals surface area contributed by atoms with Crippen molar-refractivity contribution in [1.29, 1.82) is 0 Å². The molecule has 0 amide bonds. The zero-order chi connectivity index (χ0) is 18.8. The average molecular weight is 364 g/mol. The van der Waals surface area contributed by atoms with E-state index < -0.39 is 0 Å². The molecule has 1 unspecified atom stereocenters. The van der Waals surface area contributed by atoms with E-state index in [-0.39, 0.29) is 6.04 Å². The highest BCUT2D eigenvalue weighted by Crippen LogP contribution is 2.30. The molecule has 4 heterocycles. The number of aryl methyl sites for hydroxylation is 1. The fraction of sp³-hybridized carbons (Fsp3) is 0.421. The molecule has 0 bridgehead atoms. The van der Waals surface area contributed by atoms with E-state index in [1.54, 1.807) is 18.7 Å². The van der Waals surface area contributed by atoms with Crippen LogP contribution in [0.5, 0.6) is 0 Å². The molecule has 1 atom stereocenters. The van der Waals surface area contributed by atoms with Crippen molar-refractivity contribution in [1.82, 2.24) is 35.0 Å². The Balaban J connectivity index is 1.73. The monoisotopic (exact) mass is 364 g/mol. The van der Waals surface area contributed by atoms with Crippen molar-refractivity contribution in [2.45, 2.75) is 39.4 Å². The van der Waals surface area contributed by atoms with Crippen LogP contribution in [-0.4, -0.2) is 29.7 Å². The van der Waals surface area contributed by atoms with Crippen LogP contribution in [0.1, 0.15) is 43.4 Å². The molecule has 0 spiro atoms. The van der Waals surface area contributed by atoms with E-state index in [9.17, 15) is 0 Å². The highest BCUT2D eigenvalue weighted by Gasteiger charge is 2.24. The van der Waals surface area contributed by atoms with Crippen molar-refractivity contribution in [3.63, 3.8) is 0 Å². The average Bonchev–Trinajstić information content (AvgIpc) is 3.30. The number of nitrogens with one attached hydrogen (secondary N) is 2. The lowest BCUT2D eigenvalue weighted by Gasteiger charge is -2.22. The summed E-state index contributed by atoms with van der Waals surface area (Å²) in [6.07, 6.45) is 6.05. The lowest BCUT2D eigenvalue weighted by atomic mass is 10.0. The summed E-state index contributed by atoms with van der Waals surface area (Å²) in [5.74, 6) is 2.99. The van der Waals surface area contributed by atoms with Crippen LogP contribution in [-0.2, 0) is 20.1 Å². The molecule has 8 heteroatoms. The molecule has 27 heavy (non-hydrogen) atoms. The van der Waals surface area contributed by atoms with Gasteiger partial charge in [0, 0.05) is 43.7 Å². The van der Waals surface area contributed by atoms with Crippen LogP contribution in [0.2, 0.25) is 0 Å². The predicted molar refractivity (Wildman–Crippen MR) is 103 cm³/mol. The van der Waals surface area contributed by atoms with E-state index in [0.717, 1.165) is 48.0 Å². The largest absolute Gasteiger partial charge is 0.360 e. The highest BCUT2D eigenvalue weighted by atomic mass is 15.3. The maximum Gasteiger partial charge on any atom is 0.161 e. The van der Waals surface area contributed by atoms with Gasteiger partial charge in [-0.2, -0.15) is 5.10 Å². The van der Waals surface area contributed by atoms with Crippen LogP contribution in [0.3, 0.4) is 0 Å². The molecule has 140 valence electrons. The minimum atomic E-state index is 0.0300. The second-order valence-electron chi connectivity index (χ2n) is 7.23. The van der Waals surface area contributed by atoms with Crippen molar-refractivity contribution in [2.75, 3.05) is 5.32 Å². The second kappa shape index (κ2) is 7.40. The van der Waals surface area contributed by atoms with Crippen molar-refractivity contribution in [3.8, 4) is 11.4 Å². The number of rotatable bonds is 6. The van der Waals surface area contributed by atoms with Gasteiger partial charge in [0.25, 0.3) is 0 Å². The molecule has 0 saturated heterocycles. The van der Waals surface area contributed by atoms with E-state index in [2.05, 4.69) is 39.5 Å². The molecule has 0 fully saturated rings. The Kier molecular flexibility index (Phi) is 4.81. The van der Waals surface area contributed by atoms with Crippen molar-refractivity contribution in [2.24, 2.45) is 13.0 Å². The van der Waals surface area contributed by atoms with Gasteiger partial charge < -0.3 is 10.6 Å². The summed E-state index contributed by atoms with van der Waals surface area (Å²) in [5, 5.41) is 11.3. The van der Waals surface area contributed by atoms with Gasteiger partial charge in [0.15, 0.2) is 5.82 Å². The zero-order valence-corrected chi connectivity index (χ0v) is 15.8. The summed E-state index contributed by atoms with van der Waals surface area (Å²) in [5.41, 5.74) is 3.13. The summed E-state index contributed by atoms with van der Waals surface area (Å²) < 4.78 is 1.82. The standard InChI is InChI=1S/C19H24N8/c1-12(2)8-15(19-22-11-23-27(19)3)24-18-14-9-21-10-16(14)25-17(26-18)13-4-6-20-7-5-13/h4-7,11-12,15,21H,8-10H2,1-3H3,(H,24,25,26). The summed E-state index contributed by atoms with van der Waals surface area (Å²) in [4.78, 5) is 18.2. The molecular formula is C19H24N8. The van der Waals surface area contributed by atoms with Crippen LogP contribution in [0.15, 0.2) is 30.9 Å². The van der Waals surface area contributed by atoms with Gasteiger partial charge in [0.1, 0.15) is 18.0 Å². The van der Waals surface area contributed by atoms with Gasteiger partial charge in [-0.15, -0.1) is 0 Å². The number of aromatic nitrogens is 6. The molecule has 8 nitrogen and oxygen atoms in total. The van der Waals surface area contributed by atoms with E-state index in [0.29, 0.717) is 11.7 Å². The van der Waals surface area contributed by atoms with Crippen LogP contribution < -0.4 is 10.6 Å². The summed E-state index contributed by atoms with van der Waals surface area (Å²) >= 11 is 0. The van der Waals surface area contributed by atoms with E-state index in [1.807, 2.05) is 23.9 Å². The first kappa shape index (κ1) is 17.5. The third kappa shape index (κ3) is 3.66. The van der Waals surface area contributed by atoms with Crippen molar-refractivity contribution >= 4 is 5.82 Å². The summed E-state index contributed by atoms with van der Waals surface area (Å²) in [7, 11) is 1.92. The smallest absolute Gasteiger partial charge is 0.161 e. The Morgan fingerprint density at radius 3 is 2.70 bits per heavy atom. The molecular weight excluding hydrogens is 340 g/mol. The number of anilines is 1. The maximum absolute atomic E-state index is 4.85. The highest BCUT2D eigenvalue weighted by molar-refractivity contribution is 5.60. The van der Waals surface area contributed by atoms with Crippen molar-refractivity contribution < 1.29 is 0 Å². The van der Waals surface area contributed by atoms with Gasteiger partial charge in [-0.05, 0) is 24.5 Å². The predicted octanol–water partition coefficient (Wildman–Crippen LogP) is 2.47. The molecule has 0 saturated carbocycles. The minimum Gasteiger partial charge on any atom is -0.360 e. The first-order valence-corrected chi connectivity index (χ1v) is 9.23. The Hall–Kier alpha value is -2.87. The number of hydrogen-bond acceptors (Lipinski definition) is 7. The Labute approximate surface area is 158 Å². The quantitative estimate of drug-likeness (QED) is 0.694. The lowest BCUT2D eigenvalue weighted by molar-refractivity contribution is 0.497. The van der Waals surface area contributed by atoms with Crippen LogP contribution >= 0.6 is 0 Å². The Bertz CT molecular complexity index is 919. The number of hydrogen-bond donors (Lipinski definition) is 2. The molecule has 4 rings (SSSR count). The molecule has 1 aliphatic heterocycles. The minimum absolute atomic E-state index is 0.0300. The van der Waals surface area contributed by atoms with E-state index in [1.165, 1.54) is 0 Å². The van der Waals surface area contributed by atoms with Gasteiger partial charge >= 0.3 is 0 Å². The van der Waals surface area contributed by atoms with Gasteiger partial charge in [0.05, 0.1) is 11.7 Å². The zero-order valence-electron chi connectivity index (χ0n) is 15.8. The number of fused-ring (bicyclic) bond motifs is 1. The van der Waals surface area contributed by atoms with Crippen LogP contribution in [0.25, 0.3) is 11.4 Å². The van der Waals surface area contributed by atoms with Crippen LogP contribution in [0.4, 0.5) is 5.82 Å². The molecule has 0 aromatic carbocycles. The lowest BCUT2D eigenvalue weighted by Crippen LogP contribution is -2.20. The number of nitrogens with zero attached hydrogens (tertiary/aromatic N) is 6. The van der Waals surface area contributed by atoms with Gasteiger partial charge in [-0.3, -0.25) is 9.67 Å². The third-order valence-electron chi connectivity index (χ3n) is 4.70. The van der Waals surface area contributed by atoms with E-state index in [4.69, 9.17) is 9.97 Å². The van der Waals surface area contributed by atoms with Gasteiger partial charge in [0.2, 0.25) is 0 Å². The fourth-order valence-electron chi connectivity index (χ4n) is 3.40. The maximum atomic E-state index is 4.85. The first-order valence-electron chi connectivity index (χ1n) is 9.23. The molecule has 3 aromatic heterocycles. The van der Waals surface area contributed by atoms with Crippen LogP contribution in [0, 0.1) is 5.92 Å². The third-order valence-corrected chi connectivity index (χ3v) is 4.70. The first-order chi connectivity index (χ1) is 13.1. The van der Waals surface area contributed by atoms with Gasteiger partial charge in [-0.25, -0.2) is 15.0 Å².